The summed E-state index contributed by atoms with van der Waals surface area (Å²) in [5.74, 6) is 0.125. The number of rotatable bonds is 0. The Bertz CT molecular complexity index is 355. The van der Waals surface area contributed by atoms with Crippen molar-refractivity contribution in [2.75, 3.05) is 17.2 Å². The molecule has 0 saturated heterocycles. The molecule has 1 atom stereocenters. The van der Waals surface area contributed by atoms with Crippen LogP contribution in [-0.2, 0) is 4.74 Å². The summed E-state index contributed by atoms with van der Waals surface area (Å²) in [6.07, 6.45) is 5.72. The lowest BCUT2D eigenvalue weighted by Crippen LogP contribution is -2.05. The van der Waals surface area contributed by atoms with Crippen molar-refractivity contribution in [1.82, 2.24) is 15.0 Å². The Balaban J connectivity index is 0.000000165. The van der Waals surface area contributed by atoms with Crippen LogP contribution < -0.4 is 17.2 Å². The molecule has 8 nitrogen and oxygen atoms in total. The van der Waals surface area contributed by atoms with E-state index in [1.807, 2.05) is 0 Å². The Morgan fingerprint density at radius 3 is 1.75 bits per heavy atom. The van der Waals surface area contributed by atoms with Crippen LogP contribution in [0.1, 0.15) is 0 Å². The van der Waals surface area contributed by atoms with Crippen LogP contribution in [-0.4, -0.2) is 26.3 Å². The summed E-state index contributed by atoms with van der Waals surface area (Å²) in [7, 11) is 0. The molecule has 0 radical (unpaired) electrons. The Labute approximate surface area is 91.5 Å². The number of aliphatic hydroxyl groups excluding tert-OH is 1. The lowest BCUT2D eigenvalue weighted by molar-refractivity contribution is -0.0132. The molecule has 0 amide bonds. The fraction of sp³-hybridized carbons (Fsp3) is 0.125. The third-order valence-corrected chi connectivity index (χ3v) is 1.37. The van der Waals surface area contributed by atoms with E-state index in [0.29, 0.717) is 0 Å². The normalized spacial score (nSPS) is 17.2. The number of hydrogen-bond acceptors (Lipinski definition) is 8. The number of nitrogen functional groups attached to an aromatic ring is 3. The van der Waals surface area contributed by atoms with E-state index >= 15 is 0 Å². The van der Waals surface area contributed by atoms with E-state index in [2.05, 4.69) is 19.7 Å². The van der Waals surface area contributed by atoms with E-state index in [-0.39, 0.29) is 17.8 Å². The highest BCUT2D eigenvalue weighted by Gasteiger charge is 1.95. The summed E-state index contributed by atoms with van der Waals surface area (Å²) in [4.78, 5) is 10.5. The van der Waals surface area contributed by atoms with Crippen LogP contribution in [0, 0.1) is 0 Å². The van der Waals surface area contributed by atoms with Gasteiger partial charge in [0.05, 0.1) is 6.26 Å². The van der Waals surface area contributed by atoms with Crippen LogP contribution in [0.5, 0.6) is 0 Å². The Morgan fingerprint density at radius 1 is 1.00 bits per heavy atom. The number of ether oxygens (including phenoxy) is 1. The molecule has 1 aromatic heterocycles. The average Bonchev–Trinajstić information content (AvgIpc) is 2.17. The van der Waals surface area contributed by atoms with Crippen molar-refractivity contribution >= 4 is 17.8 Å². The molecule has 1 unspecified atom stereocenters. The van der Waals surface area contributed by atoms with Gasteiger partial charge in [-0.3, -0.25) is 0 Å². The molecule has 1 aliphatic rings. The van der Waals surface area contributed by atoms with Crippen LogP contribution in [0.15, 0.2) is 24.5 Å². The summed E-state index contributed by atoms with van der Waals surface area (Å²) < 4.78 is 4.57. The van der Waals surface area contributed by atoms with Crippen molar-refractivity contribution in [1.29, 1.82) is 0 Å². The molecule has 0 spiro atoms. The molecule has 8 heteroatoms. The fourth-order valence-electron chi connectivity index (χ4n) is 0.803. The molecule has 0 aromatic carbocycles. The molecule has 0 bridgehead atoms. The highest BCUT2D eigenvalue weighted by Crippen LogP contribution is 1.97. The van der Waals surface area contributed by atoms with Gasteiger partial charge in [0.15, 0.2) is 0 Å². The monoisotopic (exact) mass is 224 g/mol. The second kappa shape index (κ2) is 5.51. The van der Waals surface area contributed by atoms with Gasteiger partial charge in [-0.1, -0.05) is 6.08 Å². The lowest BCUT2D eigenvalue weighted by atomic mass is 10.4. The molecule has 86 valence electrons. The van der Waals surface area contributed by atoms with Crippen molar-refractivity contribution in [2.24, 2.45) is 0 Å². The first kappa shape index (κ1) is 11.7. The maximum absolute atomic E-state index is 8.55. The largest absolute Gasteiger partial charge is 0.469 e. The van der Waals surface area contributed by atoms with Crippen molar-refractivity contribution < 1.29 is 9.84 Å². The summed E-state index contributed by atoms with van der Waals surface area (Å²) in [6.45, 7) is 0. The van der Waals surface area contributed by atoms with Gasteiger partial charge in [0.2, 0.25) is 24.1 Å². The summed E-state index contributed by atoms with van der Waals surface area (Å²) >= 11 is 0. The molecule has 1 aromatic rings. The summed E-state index contributed by atoms with van der Waals surface area (Å²) in [6, 6.07) is 0. The minimum absolute atomic E-state index is 0.0417. The molecule has 16 heavy (non-hydrogen) atoms. The number of aromatic nitrogens is 3. The van der Waals surface area contributed by atoms with Gasteiger partial charge in [-0.2, -0.15) is 15.0 Å². The van der Waals surface area contributed by atoms with Crippen molar-refractivity contribution in [3.63, 3.8) is 0 Å². The SMILES string of the molecule is Nc1nc(N)nc(N)n1.OC1C=CC=CO1. The van der Waals surface area contributed by atoms with Gasteiger partial charge in [-0.15, -0.1) is 0 Å². The van der Waals surface area contributed by atoms with Crippen molar-refractivity contribution in [3.05, 3.63) is 24.5 Å². The van der Waals surface area contributed by atoms with Crippen LogP contribution in [0.2, 0.25) is 0 Å². The topological polar surface area (TPSA) is 146 Å². The van der Waals surface area contributed by atoms with Crippen molar-refractivity contribution in [2.45, 2.75) is 6.29 Å². The molecular weight excluding hydrogens is 212 g/mol. The lowest BCUT2D eigenvalue weighted by Gasteiger charge is -2.05. The first-order chi connectivity index (χ1) is 7.58. The molecular formula is C8H12N6O2. The number of aliphatic hydroxyl groups is 1. The number of hydrogen-bond donors (Lipinski definition) is 4. The van der Waals surface area contributed by atoms with E-state index in [4.69, 9.17) is 22.3 Å². The number of allylic oxidation sites excluding steroid dienone is 2. The standard InChI is InChI=1S/C5H6O2.C3H6N6/c6-5-3-1-2-4-7-5;4-1-7-2(5)9-3(6)8-1/h1-6H;(H6,4,5,6,7,8,9). The van der Waals surface area contributed by atoms with Gasteiger partial charge in [-0.25, -0.2) is 0 Å². The molecule has 1 aliphatic heterocycles. The highest BCUT2D eigenvalue weighted by atomic mass is 16.6. The maximum Gasteiger partial charge on any atom is 0.226 e. The number of nitrogens with zero attached hydrogens (tertiary/aromatic N) is 3. The van der Waals surface area contributed by atoms with Gasteiger partial charge in [0.25, 0.3) is 0 Å². The van der Waals surface area contributed by atoms with E-state index in [9.17, 15) is 0 Å². The van der Waals surface area contributed by atoms with E-state index in [0.717, 1.165) is 0 Å². The first-order valence-corrected chi connectivity index (χ1v) is 4.27. The van der Waals surface area contributed by atoms with Gasteiger partial charge in [-0.05, 0) is 12.2 Å². The van der Waals surface area contributed by atoms with Gasteiger partial charge in [0, 0.05) is 0 Å². The second-order valence-corrected chi connectivity index (χ2v) is 2.65. The molecule has 2 rings (SSSR count). The molecule has 2 heterocycles. The maximum atomic E-state index is 8.55. The van der Waals surface area contributed by atoms with Gasteiger partial charge in [0.1, 0.15) is 0 Å². The zero-order chi connectivity index (χ0) is 12.0. The zero-order valence-corrected chi connectivity index (χ0v) is 8.32. The molecule has 7 N–H and O–H groups in total. The Hall–Kier alpha value is -2.35. The number of nitrogens with two attached hydrogens (primary N) is 3. The minimum atomic E-state index is -0.731. The average molecular weight is 224 g/mol. The van der Waals surface area contributed by atoms with Gasteiger partial charge < -0.3 is 27.0 Å². The third kappa shape index (κ3) is 4.24. The van der Waals surface area contributed by atoms with E-state index in [1.165, 1.54) is 6.26 Å². The highest BCUT2D eigenvalue weighted by molar-refractivity contribution is 5.33. The third-order valence-electron chi connectivity index (χ3n) is 1.37. The van der Waals surface area contributed by atoms with Crippen LogP contribution in [0.25, 0.3) is 0 Å². The Morgan fingerprint density at radius 2 is 1.50 bits per heavy atom. The van der Waals surface area contributed by atoms with Gasteiger partial charge >= 0.3 is 0 Å². The quantitative estimate of drug-likeness (QED) is 0.440. The summed E-state index contributed by atoms with van der Waals surface area (Å²) in [5.41, 5.74) is 15.4. The first-order valence-electron chi connectivity index (χ1n) is 4.27. The molecule has 0 aliphatic carbocycles. The molecule has 0 fully saturated rings. The van der Waals surface area contributed by atoms with E-state index in [1.54, 1.807) is 18.2 Å². The Kier molecular flexibility index (Phi) is 4.04. The van der Waals surface area contributed by atoms with Crippen LogP contribution in [0.4, 0.5) is 17.8 Å². The summed E-state index contributed by atoms with van der Waals surface area (Å²) in [5, 5.41) is 8.55. The van der Waals surface area contributed by atoms with Crippen molar-refractivity contribution in [3.8, 4) is 0 Å². The number of anilines is 3. The zero-order valence-electron chi connectivity index (χ0n) is 8.32. The molecule has 0 saturated carbocycles. The fourth-order valence-corrected chi connectivity index (χ4v) is 0.803. The van der Waals surface area contributed by atoms with E-state index < -0.39 is 6.29 Å². The second-order valence-electron chi connectivity index (χ2n) is 2.65. The smallest absolute Gasteiger partial charge is 0.226 e. The minimum Gasteiger partial charge on any atom is -0.469 e. The predicted octanol–water partition coefficient (Wildman–Crippen LogP) is -0.977. The van der Waals surface area contributed by atoms with Crippen LogP contribution >= 0.6 is 0 Å². The van der Waals surface area contributed by atoms with Crippen LogP contribution in [0.3, 0.4) is 0 Å². The predicted molar refractivity (Wildman–Crippen MR) is 58.4 cm³/mol.